The van der Waals surface area contributed by atoms with E-state index in [4.69, 9.17) is 0 Å². The molecule has 6 nitrogen and oxygen atoms in total. The summed E-state index contributed by atoms with van der Waals surface area (Å²) in [6.45, 7) is 0. The van der Waals surface area contributed by atoms with Gasteiger partial charge in [-0.25, -0.2) is 9.97 Å². The summed E-state index contributed by atoms with van der Waals surface area (Å²) >= 11 is 1.33. The predicted octanol–water partition coefficient (Wildman–Crippen LogP) is 4.17. The van der Waals surface area contributed by atoms with Crippen LogP contribution in [0, 0.1) is 10.1 Å². The third kappa shape index (κ3) is 3.83. The highest BCUT2D eigenvalue weighted by Crippen LogP contribution is 2.24. The van der Waals surface area contributed by atoms with Crippen LogP contribution in [-0.2, 0) is 0 Å². The topological polar surface area (TPSA) is 81.0 Å². The van der Waals surface area contributed by atoms with E-state index < -0.39 is 4.92 Å². The molecular formula is C16H12N4O2S. The van der Waals surface area contributed by atoms with E-state index >= 15 is 0 Å². The van der Waals surface area contributed by atoms with Crippen molar-refractivity contribution in [3.63, 3.8) is 0 Å². The van der Waals surface area contributed by atoms with Crippen LogP contribution in [0.4, 0.5) is 11.5 Å². The molecule has 0 saturated heterocycles. The van der Waals surface area contributed by atoms with Crippen LogP contribution >= 0.6 is 11.9 Å². The number of aromatic nitrogens is 2. The molecule has 0 bridgehead atoms. The molecule has 3 rings (SSSR count). The first-order valence-electron chi connectivity index (χ1n) is 6.77. The molecule has 2 aromatic carbocycles. The average molecular weight is 324 g/mol. The van der Waals surface area contributed by atoms with Crippen molar-refractivity contribution in [1.82, 2.24) is 9.97 Å². The van der Waals surface area contributed by atoms with Gasteiger partial charge in [-0.2, -0.15) is 0 Å². The summed E-state index contributed by atoms with van der Waals surface area (Å²) in [5.74, 6) is 0.669. The van der Waals surface area contributed by atoms with E-state index in [-0.39, 0.29) is 5.69 Å². The monoisotopic (exact) mass is 324 g/mol. The molecule has 0 saturated carbocycles. The lowest BCUT2D eigenvalue weighted by Crippen LogP contribution is -1.93. The maximum Gasteiger partial charge on any atom is 0.269 e. The first kappa shape index (κ1) is 15.0. The maximum absolute atomic E-state index is 10.6. The van der Waals surface area contributed by atoms with Gasteiger partial charge in [0.25, 0.3) is 5.69 Å². The molecule has 0 amide bonds. The van der Waals surface area contributed by atoms with Crippen molar-refractivity contribution in [3.8, 4) is 11.3 Å². The van der Waals surface area contributed by atoms with Gasteiger partial charge in [0, 0.05) is 28.7 Å². The highest BCUT2D eigenvalue weighted by molar-refractivity contribution is 8.00. The second kappa shape index (κ2) is 6.89. The number of benzene rings is 2. The van der Waals surface area contributed by atoms with Gasteiger partial charge in [0.2, 0.25) is 0 Å². The minimum atomic E-state index is -0.418. The molecule has 0 atom stereocenters. The number of nitro groups is 1. The van der Waals surface area contributed by atoms with E-state index in [1.54, 1.807) is 12.1 Å². The van der Waals surface area contributed by atoms with Crippen molar-refractivity contribution in [2.45, 2.75) is 4.90 Å². The second-order valence-electron chi connectivity index (χ2n) is 4.61. The van der Waals surface area contributed by atoms with Crippen LogP contribution in [0.2, 0.25) is 0 Å². The largest absolute Gasteiger partial charge is 0.310 e. The minimum absolute atomic E-state index is 0.0720. The Morgan fingerprint density at radius 2 is 1.74 bits per heavy atom. The van der Waals surface area contributed by atoms with Crippen LogP contribution in [0.5, 0.6) is 0 Å². The minimum Gasteiger partial charge on any atom is -0.310 e. The van der Waals surface area contributed by atoms with E-state index in [1.165, 1.54) is 30.4 Å². The van der Waals surface area contributed by atoms with Gasteiger partial charge in [0.1, 0.15) is 12.1 Å². The fourth-order valence-electron chi connectivity index (χ4n) is 1.93. The third-order valence-electron chi connectivity index (χ3n) is 3.06. The first-order chi connectivity index (χ1) is 11.2. The lowest BCUT2D eigenvalue weighted by atomic mass is 10.1. The van der Waals surface area contributed by atoms with Crippen molar-refractivity contribution in [2.24, 2.45) is 0 Å². The predicted molar refractivity (Wildman–Crippen MR) is 90.0 cm³/mol. The Morgan fingerprint density at radius 1 is 1.00 bits per heavy atom. The van der Waals surface area contributed by atoms with E-state index in [0.717, 1.165) is 16.2 Å². The van der Waals surface area contributed by atoms with Gasteiger partial charge in [0.05, 0.1) is 10.6 Å². The van der Waals surface area contributed by atoms with E-state index in [2.05, 4.69) is 14.7 Å². The van der Waals surface area contributed by atoms with E-state index in [0.29, 0.717) is 5.82 Å². The number of nitrogens with one attached hydrogen (secondary N) is 1. The van der Waals surface area contributed by atoms with E-state index in [9.17, 15) is 10.1 Å². The fourth-order valence-corrected chi connectivity index (χ4v) is 2.53. The quantitative estimate of drug-likeness (QED) is 0.431. The summed E-state index contributed by atoms with van der Waals surface area (Å²) in [6, 6.07) is 18.0. The van der Waals surface area contributed by atoms with Crippen molar-refractivity contribution >= 4 is 23.5 Å². The van der Waals surface area contributed by atoms with Crippen molar-refractivity contribution in [3.05, 3.63) is 77.1 Å². The maximum atomic E-state index is 10.6. The van der Waals surface area contributed by atoms with Crippen LogP contribution in [-0.4, -0.2) is 14.9 Å². The number of rotatable bonds is 5. The molecular weight excluding hydrogens is 312 g/mol. The van der Waals surface area contributed by atoms with Gasteiger partial charge in [0.15, 0.2) is 0 Å². The Balaban J connectivity index is 1.70. The molecule has 7 heteroatoms. The summed E-state index contributed by atoms with van der Waals surface area (Å²) in [7, 11) is 0. The van der Waals surface area contributed by atoms with Gasteiger partial charge in [-0.3, -0.25) is 10.1 Å². The molecule has 0 unspecified atom stereocenters. The van der Waals surface area contributed by atoms with Gasteiger partial charge in [-0.1, -0.05) is 30.3 Å². The van der Waals surface area contributed by atoms with Gasteiger partial charge < -0.3 is 4.72 Å². The SMILES string of the molecule is O=[N+]([O-])c1ccc(SNc2cc(-c3ccccc3)ncn2)cc1. The smallest absolute Gasteiger partial charge is 0.269 e. The molecule has 0 fully saturated rings. The molecule has 0 aliphatic heterocycles. The van der Waals surface area contributed by atoms with Crippen molar-refractivity contribution in [1.29, 1.82) is 0 Å². The summed E-state index contributed by atoms with van der Waals surface area (Å²) in [4.78, 5) is 19.5. The normalized spacial score (nSPS) is 10.3. The molecule has 0 radical (unpaired) electrons. The van der Waals surface area contributed by atoms with Gasteiger partial charge in [-0.15, -0.1) is 0 Å². The number of nitro benzene ring substituents is 1. The standard InChI is InChI=1S/C16H12N4O2S/c21-20(22)13-6-8-14(9-7-13)23-19-16-10-15(17-11-18-16)12-4-2-1-3-5-12/h1-11H,(H,17,18,19). The van der Waals surface area contributed by atoms with Crippen LogP contribution in [0.25, 0.3) is 11.3 Å². The van der Waals surface area contributed by atoms with Gasteiger partial charge >= 0.3 is 0 Å². The van der Waals surface area contributed by atoms with Crippen molar-refractivity contribution < 1.29 is 4.92 Å². The summed E-state index contributed by atoms with van der Waals surface area (Å²) < 4.78 is 3.12. The number of nitrogens with zero attached hydrogens (tertiary/aromatic N) is 3. The third-order valence-corrected chi connectivity index (χ3v) is 3.88. The van der Waals surface area contributed by atoms with Crippen molar-refractivity contribution in [2.75, 3.05) is 4.72 Å². The van der Waals surface area contributed by atoms with Crippen LogP contribution in [0.1, 0.15) is 0 Å². The molecule has 114 valence electrons. The Morgan fingerprint density at radius 3 is 2.43 bits per heavy atom. The molecule has 0 spiro atoms. The second-order valence-corrected chi connectivity index (χ2v) is 5.49. The summed E-state index contributed by atoms with van der Waals surface area (Å²) in [6.07, 6.45) is 1.50. The molecule has 1 aromatic heterocycles. The summed E-state index contributed by atoms with van der Waals surface area (Å²) in [5, 5.41) is 10.6. The van der Waals surface area contributed by atoms with Crippen LogP contribution < -0.4 is 4.72 Å². The Bertz CT molecular complexity index is 810. The number of hydrogen-bond acceptors (Lipinski definition) is 6. The molecule has 3 aromatic rings. The highest BCUT2D eigenvalue weighted by Gasteiger charge is 2.05. The van der Waals surface area contributed by atoms with Crippen LogP contribution in [0.15, 0.2) is 71.9 Å². The fraction of sp³-hybridized carbons (Fsp3) is 0. The molecule has 1 heterocycles. The number of anilines is 1. The lowest BCUT2D eigenvalue weighted by Gasteiger charge is -2.06. The number of non-ortho nitro benzene ring substituents is 1. The first-order valence-corrected chi connectivity index (χ1v) is 7.59. The van der Waals surface area contributed by atoms with Gasteiger partial charge in [-0.05, 0) is 24.1 Å². The van der Waals surface area contributed by atoms with Crippen LogP contribution in [0.3, 0.4) is 0 Å². The Labute approximate surface area is 136 Å². The lowest BCUT2D eigenvalue weighted by molar-refractivity contribution is -0.384. The number of hydrogen-bond donors (Lipinski definition) is 1. The zero-order valence-corrected chi connectivity index (χ0v) is 12.7. The average Bonchev–Trinajstić information content (AvgIpc) is 2.61. The Hall–Kier alpha value is -2.93. The summed E-state index contributed by atoms with van der Waals surface area (Å²) in [5.41, 5.74) is 1.91. The van der Waals surface area contributed by atoms with E-state index in [1.807, 2.05) is 36.4 Å². The zero-order chi connectivity index (χ0) is 16.1. The molecule has 0 aliphatic rings. The molecule has 23 heavy (non-hydrogen) atoms. The highest BCUT2D eigenvalue weighted by atomic mass is 32.2. The molecule has 1 N–H and O–H groups in total. The Kier molecular flexibility index (Phi) is 4.49. The molecule has 0 aliphatic carbocycles. The zero-order valence-electron chi connectivity index (χ0n) is 11.9.